The van der Waals surface area contributed by atoms with Gasteiger partial charge < -0.3 is 19.8 Å². The van der Waals surface area contributed by atoms with Gasteiger partial charge in [-0.05, 0) is 56.0 Å². The Morgan fingerprint density at radius 2 is 2.00 bits per heavy atom. The summed E-state index contributed by atoms with van der Waals surface area (Å²) in [5.74, 6) is 3.77. The van der Waals surface area contributed by atoms with Gasteiger partial charge in [0.05, 0.1) is 13.4 Å². The van der Waals surface area contributed by atoms with E-state index in [1.807, 2.05) is 24.3 Å². The summed E-state index contributed by atoms with van der Waals surface area (Å²) in [5, 5.41) is 13.8. The summed E-state index contributed by atoms with van der Waals surface area (Å²) in [6, 6.07) is 11.9. The van der Waals surface area contributed by atoms with E-state index in [0.717, 1.165) is 56.3 Å². The van der Waals surface area contributed by atoms with Gasteiger partial charge in [0.2, 0.25) is 5.82 Å². The molecule has 0 atom stereocenters. The monoisotopic (exact) mass is 410 g/mol. The minimum atomic E-state index is 0.576. The molecule has 30 heavy (non-hydrogen) atoms. The molecule has 0 aliphatic heterocycles. The number of aliphatic imine (C=N–C) groups is 1. The minimum absolute atomic E-state index is 0.576. The van der Waals surface area contributed by atoms with E-state index >= 15 is 0 Å². The highest BCUT2D eigenvalue weighted by molar-refractivity contribution is 5.79. The van der Waals surface area contributed by atoms with E-state index in [0.29, 0.717) is 18.1 Å². The molecule has 0 radical (unpaired) electrons. The fourth-order valence-corrected chi connectivity index (χ4v) is 2.99. The zero-order valence-corrected chi connectivity index (χ0v) is 17.6. The maximum absolute atomic E-state index is 5.31. The smallest absolute Gasteiger partial charge is 0.216 e. The Labute approximate surface area is 177 Å². The number of unbranched alkanes of at least 4 members (excludes halogenated alkanes) is 1. The number of methoxy groups -OCH3 is 1. The van der Waals surface area contributed by atoms with Gasteiger partial charge in [-0.3, -0.25) is 10.1 Å². The summed E-state index contributed by atoms with van der Waals surface area (Å²) in [6.45, 7) is 4.39. The third-order valence-corrected chi connectivity index (χ3v) is 4.57. The van der Waals surface area contributed by atoms with Crippen molar-refractivity contribution in [2.45, 2.75) is 32.6 Å². The predicted molar refractivity (Wildman–Crippen MR) is 118 cm³/mol. The van der Waals surface area contributed by atoms with Gasteiger partial charge in [-0.25, -0.2) is 4.98 Å². The molecule has 0 amide bonds. The number of H-pyrrole nitrogens is 1. The quantitative estimate of drug-likeness (QED) is 0.255. The third kappa shape index (κ3) is 6.65. The van der Waals surface area contributed by atoms with Gasteiger partial charge in [-0.2, -0.15) is 5.10 Å². The molecule has 1 aromatic carbocycles. The molecule has 2 heterocycles. The number of hydrogen-bond acceptors (Lipinski definition) is 5. The van der Waals surface area contributed by atoms with Gasteiger partial charge in [0, 0.05) is 26.1 Å². The molecule has 0 saturated carbocycles. The maximum Gasteiger partial charge on any atom is 0.216 e. The van der Waals surface area contributed by atoms with Crippen LogP contribution in [0.2, 0.25) is 0 Å². The molecule has 3 N–H and O–H groups in total. The highest BCUT2D eigenvalue weighted by atomic mass is 16.5. The zero-order chi connectivity index (χ0) is 21.0. The van der Waals surface area contributed by atoms with Crippen molar-refractivity contribution in [3.8, 4) is 17.3 Å². The lowest BCUT2D eigenvalue weighted by atomic mass is 10.1. The Hall–Kier alpha value is -3.29. The van der Waals surface area contributed by atoms with Gasteiger partial charge in [-0.1, -0.05) is 12.1 Å². The van der Waals surface area contributed by atoms with E-state index in [4.69, 9.17) is 9.15 Å². The van der Waals surface area contributed by atoms with E-state index < -0.39 is 0 Å². The summed E-state index contributed by atoms with van der Waals surface area (Å²) in [5.41, 5.74) is 1.32. The summed E-state index contributed by atoms with van der Waals surface area (Å²) >= 11 is 0. The van der Waals surface area contributed by atoms with Crippen molar-refractivity contribution in [2.24, 2.45) is 4.99 Å². The number of rotatable bonds is 11. The molecule has 8 nitrogen and oxygen atoms in total. The first-order valence-corrected chi connectivity index (χ1v) is 10.4. The lowest BCUT2D eigenvalue weighted by Crippen LogP contribution is -2.38. The normalized spacial score (nSPS) is 11.5. The van der Waals surface area contributed by atoms with Crippen LogP contribution >= 0.6 is 0 Å². The highest BCUT2D eigenvalue weighted by Crippen LogP contribution is 2.14. The second-order valence-electron chi connectivity index (χ2n) is 6.83. The van der Waals surface area contributed by atoms with Crippen LogP contribution < -0.4 is 15.4 Å². The van der Waals surface area contributed by atoms with Crippen molar-refractivity contribution in [1.29, 1.82) is 0 Å². The van der Waals surface area contributed by atoms with E-state index in [9.17, 15) is 0 Å². The maximum atomic E-state index is 5.31. The molecule has 0 bridgehead atoms. The van der Waals surface area contributed by atoms with Crippen LogP contribution in [0.4, 0.5) is 0 Å². The van der Waals surface area contributed by atoms with Crippen LogP contribution in [0.5, 0.6) is 5.75 Å². The summed E-state index contributed by atoms with van der Waals surface area (Å²) in [6.07, 6.45) is 5.52. The first kappa shape index (κ1) is 21.4. The van der Waals surface area contributed by atoms with Crippen molar-refractivity contribution >= 4 is 5.96 Å². The number of aromatic nitrogens is 3. The standard InChI is InChI=1S/C22H30N6O2/c1-3-23-22(24-14-5-4-7-17-9-11-18(29-2)12-10-17)25-15-13-20-26-21(28-27-20)19-8-6-16-30-19/h6,8-12,16H,3-5,7,13-15H2,1-2H3,(H2,23,24,25)(H,26,27,28). The molecule has 2 aromatic heterocycles. The van der Waals surface area contributed by atoms with Crippen molar-refractivity contribution in [3.63, 3.8) is 0 Å². The Morgan fingerprint density at radius 1 is 1.13 bits per heavy atom. The molecule has 3 aromatic rings. The van der Waals surface area contributed by atoms with Gasteiger partial charge in [0.15, 0.2) is 11.7 Å². The number of guanidine groups is 1. The predicted octanol–water partition coefficient (Wildman–Crippen LogP) is 3.19. The summed E-state index contributed by atoms with van der Waals surface area (Å²) in [7, 11) is 1.69. The average molecular weight is 411 g/mol. The summed E-state index contributed by atoms with van der Waals surface area (Å²) in [4.78, 5) is 9.12. The van der Waals surface area contributed by atoms with Gasteiger partial charge in [-0.15, -0.1) is 0 Å². The fourth-order valence-electron chi connectivity index (χ4n) is 2.99. The van der Waals surface area contributed by atoms with E-state index in [1.54, 1.807) is 13.4 Å². The number of aryl methyl sites for hydroxylation is 1. The Kier molecular flexibility index (Phi) is 8.32. The van der Waals surface area contributed by atoms with Crippen LogP contribution in [0.25, 0.3) is 11.6 Å². The molecule has 3 rings (SSSR count). The SMILES string of the molecule is CCNC(=NCCCCc1ccc(OC)cc1)NCCc1nc(-c2ccco2)n[nH]1. The van der Waals surface area contributed by atoms with Crippen LogP contribution in [0.1, 0.15) is 31.2 Å². The first-order valence-electron chi connectivity index (χ1n) is 10.4. The molecule has 0 spiro atoms. The number of hydrogen-bond donors (Lipinski definition) is 3. The number of aromatic amines is 1. The molecule has 0 fully saturated rings. The summed E-state index contributed by atoms with van der Waals surface area (Å²) < 4.78 is 10.5. The fraction of sp³-hybridized carbons (Fsp3) is 0.409. The number of benzene rings is 1. The van der Waals surface area contributed by atoms with E-state index in [1.165, 1.54) is 5.56 Å². The van der Waals surface area contributed by atoms with Crippen LogP contribution in [0, 0.1) is 0 Å². The van der Waals surface area contributed by atoms with E-state index in [2.05, 4.69) is 49.9 Å². The van der Waals surface area contributed by atoms with Crippen molar-refractivity contribution in [3.05, 3.63) is 54.0 Å². The number of nitrogens with one attached hydrogen (secondary N) is 3. The third-order valence-electron chi connectivity index (χ3n) is 4.57. The van der Waals surface area contributed by atoms with Gasteiger partial charge in [0.1, 0.15) is 11.6 Å². The lowest BCUT2D eigenvalue weighted by molar-refractivity contribution is 0.414. The minimum Gasteiger partial charge on any atom is -0.497 e. The number of nitrogens with zero attached hydrogens (tertiary/aromatic N) is 3. The molecule has 160 valence electrons. The molecule has 0 aliphatic carbocycles. The van der Waals surface area contributed by atoms with Crippen molar-refractivity contribution in [1.82, 2.24) is 25.8 Å². The van der Waals surface area contributed by atoms with Gasteiger partial charge in [0.25, 0.3) is 0 Å². The topological polar surface area (TPSA) is 100 Å². The molecule has 0 aliphatic rings. The van der Waals surface area contributed by atoms with Crippen LogP contribution in [-0.2, 0) is 12.8 Å². The molecular formula is C22H30N6O2. The molecule has 0 saturated heterocycles. The van der Waals surface area contributed by atoms with Gasteiger partial charge >= 0.3 is 0 Å². The zero-order valence-electron chi connectivity index (χ0n) is 17.6. The highest BCUT2D eigenvalue weighted by Gasteiger charge is 2.08. The molecular weight excluding hydrogens is 380 g/mol. The van der Waals surface area contributed by atoms with Crippen LogP contribution in [-0.4, -0.2) is 47.9 Å². The Morgan fingerprint density at radius 3 is 2.73 bits per heavy atom. The second kappa shape index (κ2) is 11.6. The Bertz CT molecular complexity index is 887. The second-order valence-corrected chi connectivity index (χ2v) is 6.83. The largest absolute Gasteiger partial charge is 0.497 e. The van der Waals surface area contributed by atoms with Crippen molar-refractivity contribution < 1.29 is 9.15 Å². The van der Waals surface area contributed by atoms with E-state index in [-0.39, 0.29) is 0 Å². The first-order chi connectivity index (χ1) is 14.8. The Balaban J connectivity index is 1.37. The van der Waals surface area contributed by atoms with Crippen LogP contribution in [0.3, 0.4) is 0 Å². The van der Waals surface area contributed by atoms with Crippen molar-refractivity contribution in [2.75, 3.05) is 26.7 Å². The average Bonchev–Trinajstić information content (AvgIpc) is 3.46. The molecule has 0 unspecified atom stereocenters. The molecule has 8 heteroatoms. The lowest BCUT2D eigenvalue weighted by Gasteiger charge is -2.10. The van der Waals surface area contributed by atoms with Crippen LogP contribution in [0.15, 0.2) is 52.1 Å². The number of ether oxygens (including phenoxy) is 1. The number of furan rings is 1.